The second-order valence-corrected chi connectivity index (χ2v) is 11.8. The third-order valence-corrected chi connectivity index (χ3v) is 9.74. The summed E-state index contributed by atoms with van der Waals surface area (Å²) in [6.45, 7) is 12.2. The smallest absolute Gasteiger partial charge is 0.236 e. The van der Waals surface area contributed by atoms with Crippen molar-refractivity contribution >= 4 is 16.9 Å². The van der Waals surface area contributed by atoms with Crippen LogP contribution in [0.1, 0.15) is 67.3 Å². The zero-order valence-electron chi connectivity index (χ0n) is 22.5. The quantitative estimate of drug-likeness (QED) is 0.310. The second-order valence-electron chi connectivity index (χ2n) is 11.8. The SMILES string of the molecule is Cc1cc2nc3c(nc2cc1C)C1(C(=O)N(Cc2ccccc2)Cc2ccccc2)CCC3(C)C1(C)C. The number of amides is 1. The van der Waals surface area contributed by atoms with Crippen LogP contribution in [0, 0.1) is 19.3 Å². The average Bonchev–Trinajstić information content (AvgIpc) is 3.18. The topological polar surface area (TPSA) is 46.1 Å². The number of benzene rings is 3. The van der Waals surface area contributed by atoms with Crippen molar-refractivity contribution in [2.45, 2.75) is 71.4 Å². The highest BCUT2D eigenvalue weighted by molar-refractivity contribution is 5.93. The number of aromatic nitrogens is 2. The monoisotopic (exact) mass is 489 g/mol. The maximum Gasteiger partial charge on any atom is 0.236 e. The van der Waals surface area contributed by atoms with E-state index in [-0.39, 0.29) is 16.7 Å². The number of fused-ring (bicyclic) bond motifs is 6. The maximum atomic E-state index is 15.0. The van der Waals surface area contributed by atoms with Crippen LogP contribution in [0.2, 0.25) is 0 Å². The molecular formula is C33H35N3O. The highest BCUT2D eigenvalue weighted by atomic mass is 16.2. The second kappa shape index (κ2) is 8.24. The molecule has 4 nitrogen and oxygen atoms in total. The summed E-state index contributed by atoms with van der Waals surface area (Å²) in [5.74, 6) is 0.171. The molecule has 0 saturated heterocycles. The van der Waals surface area contributed by atoms with Crippen LogP contribution in [0.5, 0.6) is 0 Å². The molecule has 0 N–H and O–H groups in total. The van der Waals surface area contributed by atoms with Gasteiger partial charge in [-0.2, -0.15) is 0 Å². The first-order valence-corrected chi connectivity index (χ1v) is 13.3. The highest BCUT2D eigenvalue weighted by Crippen LogP contribution is 2.70. The highest BCUT2D eigenvalue weighted by Gasteiger charge is 2.73. The average molecular weight is 490 g/mol. The van der Waals surface area contributed by atoms with Gasteiger partial charge in [-0.05, 0) is 66.5 Å². The Morgan fingerprint density at radius 1 is 0.757 bits per heavy atom. The molecule has 4 heteroatoms. The van der Waals surface area contributed by atoms with Gasteiger partial charge in [0.05, 0.1) is 27.8 Å². The van der Waals surface area contributed by atoms with Crippen molar-refractivity contribution in [1.29, 1.82) is 0 Å². The lowest BCUT2D eigenvalue weighted by atomic mass is 9.63. The molecule has 2 atom stereocenters. The number of nitrogens with zero attached hydrogens (tertiary/aromatic N) is 3. The van der Waals surface area contributed by atoms with Gasteiger partial charge in [-0.15, -0.1) is 0 Å². The Hall–Kier alpha value is -3.53. The van der Waals surface area contributed by atoms with Crippen LogP contribution in [0.15, 0.2) is 72.8 Å². The van der Waals surface area contributed by atoms with Gasteiger partial charge in [0.2, 0.25) is 5.91 Å². The van der Waals surface area contributed by atoms with Crippen molar-refractivity contribution in [3.63, 3.8) is 0 Å². The van der Waals surface area contributed by atoms with Gasteiger partial charge >= 0.3 is 0 Å². The van der Waals surface area contributed by atoms with Crippen molar-refractivity contribution < 1.29 is 4.79 Å². The van der Waals surface area contributed by atoms with Gasteiger partial charge in [0.25, 0.3) is 0 Å². The number of rotatable bonds is 5. The van der Waals surface area contributed by atoms with E-state index in [1.165, 1.54) is 11.1 Å². The van der Waals surface area contributed by atoms with E-state index in [1.807, 2.05) is 36.4 Å². The zero-order chi connectivity index (χ0) is 26.0. The molecule has 4 aromatic rings. The lowest BCUT2D eigenvalue weighted by Gasteiger charge is -2.42. The summed E-state index contributed by atoms with van der Waals surface area (Å²) < 4.78 is 0. The third kappa shape index (κ3) is 3.31. The van der Waals surface area contributed by atoms with Gasteiger partial charge in [-0.3, -0.25) is 4.79 Å². The molecule has 2 unspecified atom stereocenters. The van der Waals surface area contributed by atoms with E-state index in [0.717, 1.165) is 46.4 Å². The van der Waals surface area contributed by atoms with Gasteiger partial charge in [-0.25, -0.2) is 9.97 Å². The van der Waals surface area contributed by atoms with Gasteiger partial charge in [-0.1, -0.05) is 81.4 Å². The standard InChI is InChI=1S/C33H35N3O/c1-22-18-26-27(19-23(22)2)35-29-28(34-26)32(5)16-17-33(29,31(32,3)4)30(37)36(20-24-12-8-6-9-13-24)21-25-14-10-7-11-15-25/h6-15,18-19H,16-17,20-21H2,1-5H3. The fourth-order valence-electron chi connectivity index (χ4n) is 6.91. The van der Waals surface area contributed by atoms with Crippen LogP contribution >= 0.6 is 0 Å². The summed E-state index contributed by atoms with van der Waals surface area (Å²) in [5.41, 5.74) is 7.20. The molecular weight excluding hydrogens is 454 g/mol. The minimum atomic E-state index is -0.708. The lowest BCUT2D eigenvalue weighted by molar-refractivity contribution is -0.142. The fourth-order valence-corrected chi connectivity index (χ4v) is 6.91. The molecule has 0 radical (unpaired) electrons. The largest absolute Gasteiger partial charge is 0.333 e. The van der Waals surface area contributed by atoms with Crippen LogP contribution in [-0.2, 0) is 28.7 Å². The normalized spacial score (nSPS) is 23.3. The third-order valence-electron chi connectivity index (χ3n) is 9.74. The summed E-state index contributed by atoms with van der Waals surface area (Å²) in [5, 5.41) is 0. The van der Waals surface area contributed by atoms with Crippen LogP contribution in [0.25, 0.3) is 11.0 Å². The molecule has 1 amide bonds. The number of carbonyl (C=O) groups excluding carboxylic acids is 1. The molecule has 188 valence electrons. The van der Waals surface area contributed by atoms with Crippen LogP contribution in [-0.4, -0.2) is 20.8 Å². The molecule has 0 spiro atoms. The molecule has 6 rings (SSSR count). The van der Waals surface area contributed by atoms with Crippen LogP contribution < -0.4 is 0 Å². The summed E-state index contributed by atoms with van der Waals surface area (Å²) in [4.78, 5) is 27.5. The first-order chi connectivity index (χ1) is 17.7. The number of hydrogen-bond acceptors (Lipinski definition) is 3. The lowest BCUT2D eigenvalue weighted by Crippen LogP contribution is -2.52. The minimum Gasteiger partial charge on any atom is -0.333 e. The molecule has 1 heterocycles. The first-order valence-electron chi connectivity index (χ1n) is 13.3. The van der Waals surface area contributed by atoms with Crippen molar-refractivity contribution in [2.24, 2.45) is 5.41 Å². The van der Waals surface area contributed by atoms with E-state index in [9.17, 15) is 4.79 Å². The number of carbonyl (C=O) groups is 1. The van der Waals surface area contributed by atoms with E-state index in [4.69, 9.17) is 9.97 Å². The molecule has 3 aromatic carbocycles. The Morgan fingerprint density at radius 3 is 1.76 bits per heavy atom. The fraction of sp³-hybridized carbons (Fsp3) is 0.364. The molecule has 1 saturated carbocycles. The molecule has 0 aliphatic heterocycles. The number of hydrogen-bond donors (Lipinski definition) is 0. The molecule has 1 fully saturated rings. The summed E-state index contributed by atoms with van der Waals surface area (Å²) in [7, 11) is 0. The summed E-state index contributed by atoms with van der Waals surface area (Å²) in [6.07, 6.45) is 1.74. The predicted molar refractivity (Wildman–Crippen MR) is 148 cm³/mol. The van der Waals surface area contributed by atoms with Gasteiger partial charge < -0.3 is 4.90 Å². The van der Waals surface area contributed by atoms with Crippen molar-refractivity contribution in [3.8, 4) is 0 Å². The molecule has 2 aliphatic rings. The van der Waals surface area contributed by atoms with Crippen LogP contribution in [0.4, 0.5) is 0 Å². The van der Waals surface area contributed by atoms with Gasteiger partial charge in [0, 0.05) is 18.5 Å². The summed E-state index contributed by atoms with van der Waals surface area (Å²) in [6, 6.07) is 24.9. The molecule has 2 bridgehead atoms. The van der Waals surface area contributed by atoms with E-state index < -0.39 is 5.41 Å². The van der Waals surface area contributed by atoms with Crippen molar-refractivity contribution in [1.82, 2.24) is 14.9 Å². The Bertz CT molecular complexity index is 1470. The predicted octanol–water partition coefficient (Wildman–Crippen LogP) is 6.80. The van der Waals surface area contributed by atoms with E-state index in [0.29, 0.717) is 13.1 Å². The Balaban J connectivity index is 1.52. The van der Waals surface area contributed by atoms with Crippen LogP contribution in [0.3, 0.4) is 0 Å². The Labute approximate surface area is 219 Å². The minimum absolute atomic E-state index is 0.171. The number of aryl methyl sites for hydroxylation is 2. The van der Waals surface area contributed by atoms with Gasteiger partial charge in [0.1, 0.15) is 0 Å². The Morgan fingerprint density at radius 2 is 1.24 bits per heavy atom. The van der Waals surface area contributed by atoms with E-state index in [1.54, 1.807) is 0 Å². The maximum absolute atomic E-state index is 15.0. The zero-order valence-corrected chi connectivity index (χ0v) is 22.5. The molecule has 2 aliphatic carbocycles. The van der Waals surface area contributed by atoms with E-state index >= 15 is 0 Å². The van der Waals surface area contributed by atoms with Gasteiger partial charge in [0.15, 0.2) is 0 Å². The van der Waals surface area contributed by atoms with E-state index in [2.05, 4.69) is 75.9 Å². The Kier molecular flexibility index (Phi) is 5.31. The first kappa shape index (κ1) is 23.8. The summed E-state index contributed by atoms with van der Waals surface area (Å²) >= 11 is 0. The molecule has 37 heavy (non-hydrogen) atoms. The van der Waals surface area contributed by atoms with Crippen molar-refractivity contribution in [3.05, 3.63) is 106 Å². The van der Waals surface area contributed by atoms with Crippen molar-refractivity contribution in [2.75, 3.05) is 0 Å². The molecule has 1 aromatic heterocycles.